The van der Waals surface area contributed by atoms with Gasteiger partial charge in [-0.05, 0) is 48.4 Å². The van der Waals surface area contributed by atoms with Crippen LogP contribution in [-0.4, -0.2) is 36.3 Å². The third-order valence-corrected chi connectivity index (χ3v) is 8.86. The van der Waals surface area contributed by atoms with Crippen molar-refractivity contribution in [3.63, 3.8) is 0 Å². The molecule has 3 heterocycles. The molecule has 12 heteroatoms. The molecule has 6 rings (SSSR count). The molecule has 0 N–H and O–H groups in total. The van der Waals surface area contributed by atoms with Crippen molar-refractivity contribution in [3.05, 3.63) is 119 Å². The van der Waals surface area contributed by atoms with Crippen molar-refractivity contribution in [2.24, 2.45) is 4.99 Å². The largest absolute Gasteiger partial charge is 0.496 e. The molecule has 240 valence electrons. The van der Waals surface area contributed by atoms with Crippen molar-refractivity contribution in [3.8, 4) is 22.8 Å². The quantitative estimate of drug-likeness (QED) is 0.103. The normalized spacial score (nSPS) is 14.6. The number of non-ortho nitro benzene ring substituents is 1. The fourth-order valence-corrected chi connectivity index (χ4v) is 6.83. The second kappa shape index (κ2) is 13.1. The first-order valence-corrected chi connectivity index (χ1v) is 15.8. The predicted molar refractivity (Wildman–Crippen MR) is 177 cm³/mol. The third kappa shape index (κ3) is 5.72. The van der Waals surface area contributed by atoms with E-state index >= 15 is 0 Å². The van der Waals surface area contributed by atoms with E-state index in [2.05, 4.69) is 0 Å². The highest BCUT2D eigenvalue weighted by atomic mass is 32.1. The van der Waals surface area contributed by atoms with Crippen LogP contribution < -0.4 is 24.4 Å². The van der Waals surface area contributed by atoms with E-state index in [-0.39, 0.29) is 23.6 Å². The van der Waals surface area contributed by atoms with E-state index in [0.29, 0.717) is 55.4 Å². The molecule has 0 fully saturated rings. The summed E-state index contributed by atoms with van der Waals surface area (Å²) in [5.41, 5.74) is 1.57. The van der Waals surface area contributed by atoms with Crippen LogP contribution in [0.25, 0.3) is 28.2 Å². The lowest BCUT2D eigenvalue weighted by atomic mass is 9.90. The smallest absolute Gasteiger partial charge is 0.338 e. The average Bonchev–Trinajstić information content (AvgIpc) is 3.67. The number of methoxy groups -OCH3 is 2. The van der Waals surface area contributed by atoms with Crippen LogP contribution in [0.2, 0.25) is 0 Å². The van der Waals surface area contributed by atoms with Crippen molar-refractivity contribution in [2.75, 3.05) is 20.8 Å². The number of furan rings is 1. The molecule has 0 spiro atoms. The number of esters is 1. The van der Waals surface area contributed by atoms with Crippen molar-refractivity contribution in [1.82, 2.24) is 4.57 Å². The van der Waals surface area contributed by atoms with E-state index in [0.717, 1.165) is 17.2 Å². The number of hydrogen-bond acceptors (Lipinski definition) is 10. The fourth-order valence-electron chi connectivity index (χ4n) is 5.83. The lowest BCUT2D eigenvalue weighted by molar-refractivity contribution is -0.384. The van der Waals surface area contributed by atoms with Crippen LogP contribution in [0.4, 0.5) is 5.69 Å². The van der Waals surface area contributed by atoms with Gasteiger partial charge in [0.15, 0.2) is 4.80 Å². The Morgan fingerprint density at radius 2 is 1.85 bits per heavy atom. The second-order valence-corrected chi connectivity index (χ2v) is 11.7. The minimum atomic E-state index is -0.869. The van der Waals surface area contributed by atoms with Gasteiger partial charge in [0.1, 0.15) is 29.1 Å². The Morgan fingerprint density at radius 1 is 1.06 bits per heavy atom. The van der Waals surface area contributed by atoms with Crippen LogP contribution in [-0.2, 0) is 9.53 Å². The van der Waals surface area contributed by atoms with E-state index in [9.17, 15) is 19.7 Å². The molecule has 1 aliphatic rings. The van der Waals surface area contributed by atoms with Crippen LogP contribution in [0.1, 0.15) is 44.1 Å². The van der Waals surface area contributed by atoms with E-state index in [1.165, 1.54) is 35.1 Å². The second-order valence-electron chi connectivity index (χ2n) is 10.7. The molecule has 11 nitrogen and oxygen atoms in total. The summed E-state index contributed by atoms with van der Waals surface area (Å²) in [7, 11) is 2.98. The molecular weight excluding hydrogens is 622 g/mol. The zero-order valence-corrected chi connectivity index (χ0v) is 27.0. The number of fused-ring (bicyclic) bond motifs is 2. The average molecular weight is 654 g/mol. The Balaban J connectivity index is 1.56. The van der Waals surface area contributed by atoms with E-state index < -0.39 is 16.9 Å². The maximum atomic E-state index is 14.3. The molecule has 3 aromatic carbocycles. The van der Waals surface area contributed by atoms with E-state index in [1.54, 1.807) is 38.3 Å². The van der Waals surface area contributed by atoms with Gasteiger partial charge in [-0.15, -0.1) is 0 Å². The molecule has 1 aliphatic heterocycles. The Kier molecular flexibility index (Phi) is 8.77. The number of benzene rings is 3. The molecule has 0 amide bonds. The molecule has 2 aromatic heterocycles. The van der Waals surface area contributed by atoms with Gasteiger partial charge in [-0.3, -0.25) is 19.5 Å². The number of nitro benzene ring substituents is 1. The minimum Gasteiger partial charge on any atom is -0.496 e. The zero-order valence-electron chi connectivity index (χ0n) is 26.1. The fraction of sp³-hybridized carbons (Fsp3) is 0.229. The first-order chi connectivity index (χ1) is 22.8. The van der Waals surface area contributed by atoms with Crippen LogP contribution in [0.15, 0.2) is 92.2 Å². The zero-order chi connectivity index (χ0) is 33.2. The summed E-state index contributed by atoms with van der Waals surface area (Å²) >= 11 is 1.19. The number of aromatic nitrogens is 1. The van der Waals surface area contributed by atoms with Gasteiger partial charge in [0.25, 0.3) is 11.2 Å². The molecular formula is C35H31N3O8S. The lowest BCUT2D eigenvalue weighted by Crippen LogP contribution is -2.40. The first-order valence-electron chi connectivity index (χ1n) is 15.0. The van der Waals surface area contributed by atoms with Crippen molar-refractivity contribution in [1.29, 1.82) is 0 Å². The van der Waals surface area contributed by atoms with Crippen molar-refractivity contribution < 1.29 is 28.3 Å². The molecule has 1 atom stereocenters. The number of thiazole rings is 1. The topological polar surface area (TPSA) is 135 Å². The first kappa shape index (κ1) is 31.5. The highest BCUT2D eigenvalue weighted by molar-refractivity contribution is 7.07. The maximum Gasteiger partial charge on any atom is 0.338 e. The maximum absolute atomic E-state index is 14.3. The molecule has 0 saturated carbocycles. The molecule has 0 bridgehead atoms. The van der Waals surface area contributed by atoms with Gasteiger partial charge in [-0.1, -0.05) is 55.0 Å². The number of carbonyl (C=O) groups excluding carboxylic acids is 1. The number of hydrogen-bond donors (Lipinski definition) is 0. The summed E-state index contributed by atoms with van der Waals surface area (Å²) in [4.78, 5) is 44.1. The summed E-state index contributed by atoms with van der Waals surface area (Å²) in [6.45, 7) is 3.90. The third-order valence-electron chi connectivity index (χ3n) is 7.88. The van der Waals surface area contributed by atoms with Gasteiger partial charge >= 0.3 is 5.97 Å². The Hall–Kier alpha value is -5.49. The Morgan fingerprint density at radius 3 is 2.57 bits per heavy atom. The number of rotatable bonds is 10. The number of nitrogens with zero attached hydrogens (tertiary/aromatic N) is 3. The summed E-state index contributed by atoms with van der Waals surface area (Å²) in [5.74, 6) is 1.04. The molecule has 0 unspecified atom stereocenters. The van der Waals surface area contributed by atoms with Crippen LogP contribution in [0, 0.1) is 10.1 Å². The molecule has 0 aliphatic carbocycles. The Bertz CT molecular complexity index is 2240. The summed E-state index contributed by atoms with van der Waals surface area (Å²) in [6, 6.07) is 18.3. The van der Waals surface area contributed by atoms with E-state index in [1.807, 2.05) is 43.3 Å². The number of carbonyl (C=O) groups is 1. The predicted octanol–water partition coefficient (Wildman–Crippen LogP) is 5.92. The highest BCUT2D eigenvalue weighted by Crippen LogP contribution is 2.41. The molecule has 0 radical (unpaired) electrons. The highest BCUT2D eigenvalue weighted by Gasteiger charge is 2.37. The SMILES string of the molecule is CCCC1=C(C(=O)OCC)[C@H](c2c(OC)ccc3ccccc23)n2c(s/c(=C\c3ccc(-c4ccc([N+](=O)[O-])cc4OC)o3)c2=O)=N1. The number of allylic oxidation sites excluding steroid dienone is 1. The van der Waals surface area contributed by atoms with Crippen LogP contribution >= 0.6 is 11.3 Å². The van der Waals surface area contributed by atoms with Gasteiger partial charge in [-0.25, -0.2) is 9.79 Å². The molecule has 47 heavy (non-hydrogen) atoms. The van der Waals surface area contributed by atoms with E-state index in [4.69, 9.17) is 23.6 Å². The van der Waals surface area contributed by atoms with Crippen molar-refractivity contribution >= 4 is 39.8 Å². The Labute approximate surface area is 272 Å². The summed E-state index contributed by atoms with van der Waals surface area (Å²) in [6.07, 6.45) is 2.84. The standard InChI is InChI=1S/C35H31N3O8S/c1-5-9-25-31(34(40)45-6-2)32(30-23-11-8-7-10-20(23)12-16-27(30)43-3)37-33(39)29(47-35(37)36-25)19-22-14-17-26(46-22)24-15-13-21(38(41)42)18-28(24)44-4/h7-8,10-19,32H,5-6,9H2,1-4H3/b29-19-/t32-/m0/s1. The molecule has 0 saturated heterocycles. The number of nitro groups is 1. The monoisotopic (exact) mass is 653 g/mol. The van der Waals surface area contributed by atoms with Gasteiger partial charge in [0.05, 0.1) is 53.2 Å². The van der Waals surface area contributed by atoms with Gasteiger partial charge in [-0.2, -0.15) is 0 Å². The van der Waals surface area contributed by atoms with Gasteiger partial charge in [0.2, 0.25) is 0 Å². The number of ether oxygens (including phenoxy) is 3. The van der Waals surface area contributed by atoms with Crippen LogP contribution in [0.5, 0.6) is 11.5 Å². The molecule has 5 aromatic rings. The van der Waals surface area contributed by atoms with Crippen molar-refractivity contribution in [2.45, 2.75) is 32.7 Å². The van der Waals surface area contributed by atoms with Gasteiger partial charge in [0, 0.05) is 17.7 Å². The van der Waals surface area contributed by atoms with Gasteiger partial charge < -0.3 is 18.6 Å². The lowest BCUT2D eigenvalue weighted by Gasteiger charge is -2.28. The van der Waals surface area contributed by atoms with Crippen LogP contribution in [0.3, 0.4) is 0 Å². The minimum absolute atomic E-state index is 0.111. The summed E-state index contributed by atoms with van der Waals surface area (Å²) in [5, 5.41) is 13.0. The summed E-state index contributed by atoms with van der Waals surface area (Å²) < 4.78 is 24.7.